The number of amides is 2. The van der Waals surface area contributed by atoms with Crippen LogP contribution in [0, 0.1) is 12.8 Å². The number of rotatable bonds is 4. The molecule has 3 heterocycles. The Morgan fingerprint density at radius 1 is 1.19 bits per heavy atom. The third-order valence-corrected chi connectivity index (χ3v) is 6.06. The Morgan fingerprint density at radius 2 is 1.93 bits per heavy atom. The maximum atomic E-state index is 12.7. The number of aryl methyl sites for hydroxylation is 1. The van der Waals surface area contributed by atoms with Gasteiger partial charge in [-0.05, 0) is 42.8 Å². The summed E-state index contributed by atoms with van der Waals surface area (Å²) in [5.41, 5.74) is 2.96. The van der Waals surface area contributed by atoms with Gasteiger partial charge >= 0.3 is 0 Å². The first-order valence-electron chi connectivity index (χ1n) is 9.29. The highest BCUT2D eigenvalue weighted by atomic mass is 32.1. The zero-order valence-electron chi connectivity index (χ0n) is 15.3. The van der Waals surface area contributed by atoms with Crippen molar-refractivity contribution in [1.29, 1.82) is 0 Å². The van der Waals surface area contributed by atoms with Crippen LogP contribution in [0.15, 0.2) is 41.8 Å². The smallest absolute Gasteiger partial charge is 0.270 e. The molecule has 0 saturated carbocycles. The van der Waals surface area contributed by atoms with Crippen molar-refractivity contribution in [2.45, 2.75) is 26.3 Å². The van der Waals surface area contributed by atoms with Crippen LogP contribution in [-0.2, 0) is 11.3 Å². The third kappa shape index (κ3) is 3.90. The Hall–Kier alpha value is -2.60. The summed E-state index contributed by atoms with van der Waals surface area (Å²) in [5, 5.41) is 6.12. The van der Waals surface area contributed by atoms with Gasteiger partial charge in [-0.2, -0.15) is 0 Å². The monoisotopic (exact) mass is 381 g/mol. The predicted molar refractivity (Wildman–Crippen MR) is 108 cm³/mol. The molecule has 3 aromatic rings. The van der Waals surface area contributed by atoms with E-state index in [0.717, 1.165) is 15.8 Å². The minimum atomic E-state index is -0.0216. The minimum absolute atomic E-state index is 0.0216. The Balaban J connectivity index is 1.29. The number of hydrogen-bond donors (Lipinski definition) is 2. The number of aromatic amines is 1. The number of piperidine rings is 1. The molecule has 1 aromatic carbocycles. The van der Waals surface area contributed by atoms with Crippen LogP contribution in [0.3, 0.4) is 0 Å². The number of likely N-dealkylation sites (tertiary alicyclic amines) is 1. The molecule has 5 nitrogen and oxygen atoms in total. The molecule has 0 atom stereocenters. The molecule has 2 aromatic heterocycles. The second kappa shape index (κ2) is 7.56. The zero-order chi connectivity index (χ0) is 18.8. The topological polar surface area (TPSA) is 65.2 Å². The number of benzene rings is 1. The van der Waals surface area contributed by atoms with Gasteiger partial charge in [-0.1, -0.05) is 29.8 Å². The van der Waals surface area contributed by atoms with Gasteiger partial charge in [0.25, 0.3) is 5.91 Å². The van der Waals surface area contributed by atoms with Crippen LogP contribution >= 0.6 is 11.3 Å². The Bertz CT molecular complexity index is 921. The highest BCUT2D eigenvalue weighted by Crippen LogP contribution is 2.24. The molecule has 140 valence electrons. The lowest BCUT2D eigenvalue weighted by Crippen LogP contribution is -2.43. The van der Waals surface area contributed by atoms with Crippen molar-refractivity contribution >= 4 is 33.4 Å². The number of fused-ring (bicyclic) bond motifs is 1. The molecule has 0 bridgehead atoms. The molecule has 0 radical (unpaired) electrons. The largest absolute Gasteiger partial charge is 0.352 e. The Morgan fingerprint density at radius 3 is 2.63 bits per heavy atom. The second-order valence-electron chi connectivity index (χ2n) is 7.16. The number of nitrogens with zero attached hydrogens (tertiary/aromatic N) is 1. The van der Waals surface area contributed by atoms with Crippen LogP contribution in [0.2, 0.25) is 0 Å². The van der Waals surface area contributed by atoms with Crippen molar-refractivity contribution in [2.24, 2.45) is 5.92 Å². The summed E-state index contributed by atoms with van der Waals surface area (Å²) in [7, 11) is 0. The van der Waals surface area contributed by atoms with Crippen LogP contribution in [0.1, 0.15) is 34.5 Å². The van der Waals surface area contributed by atoms with Crippen LogP contribution in [0.25, 0.3) is 10.2 Å². The fraction of sp³-hybridized carbons (Fsp3) is 0.333. The maximum absolute atomic E-state index is 12.7. The van der Waals surface area contributed by atoms with Crippen molar-refractivity contribution in [3.05, 3.63) is 58.6 Å². The molecular weight excluding hydrogens is 358 g/mol. The summed E-state index contributed by atoms with van der Waals surface area (Å²) >= 11 is 1.60. The lowest BCUT2D eigenvalue weighted by atomic mass is 9.95. The van der Waals surface area contributed by atoms with Gasteiger partial charge in [0.1, 0.15) is 10.5 Å². The van der Waals surface area contributed by atoms with Crippen molar-refractivity contribution < 1.29 is 9.59 Å². The van der Waals surface area contributed by atoms with Gasteiger partial charge in [0.15, 0.2) is 0 Å². The van der Waals surface area contributed by atoms with Crippen LogP contribution < -0.4 is 5.32 Å². The molecule has 1 saturated heterocycles. The van der Waals surface area contributed by atoms with E-state index in [1.165, 1.54) is 5.56 Å². The number of aromatic nitrogens is 1. The van der Waals surface area contributed by atoms with E-state index in [0.29, 0.717) is 38.2 Å². The lowest BCUT2D eigenvalue weighted by Gasteiger charge is -2.31. The first kappa shape index (κ1) is 17.8. The summed E-state index contributed by atoms with van der Waals surface area (Å²) in [6.45, 7) is 3.84. The highest BCUT2D eigenvalue weighted by molar-refractivity contribution is 7.16. The zero-order valence-corrected chi connectivity index (χ0v) is 16.1. The van der Waals surface area contributed by atoms with Gasteiger partial charge in [0.2, 0.25) is 5.91 Å². The maximum Gasteiger partial charge on any atom is 0.270 e. The molecule has 0 unspecified atom stereocenters. The van der Waals surface area contributed by atoms with E-state index in [1.807, 2.05) is 41.5 Å². The van der Waals surface area contributed by atoms with E-state index >= 15 is 0 Å². The summed E-state index contributed by atoms with van der Waals surface area (Å²) in [6.07, 6.45) is 1.42. The number of carbonyl (C=O) groups is 2. The summed E-state index contributed by atoms with van der Waals surface area (Å²) < 4.78 is 0. The van der Waals surface area contributed by atoms with E-state index in [2.05, 4.69) is 22.4 Å². The fourth-order valence-corrected chi connectivity index (χ4v) is 4.30. The molecule has 1 fully saturated rings. The quantitative estimate of drug-likeness (QED) is 0.724. The van der Waals surface area contributed by atoms with Crippen molar-refractivity contribution in [2.75, 3.05) is 13.1 Å². The number of H-pyrrole nitrogens is 1. The van der Waals surface area contributed by atoms with E-state index in [4.69, 9.17) is 0 Å². The fourth-order valence-electron chi connectivity index (χ4n) is 3.52. The Kier molecular flexibility index (Phi) is 4.99. The summed E-state index contributed by atoms with van der Waals surface area (Å²) in [4.78, 5) is 31.2. The van der Waals surface area contributed by atoms with Crippen LogP contribution in [0.4, 0.5) is 0 Å². The molecule has 2 N–H and O–H groups in total. The summed E-state index contributed by atoms with van der Waals surface area (Å²) in [6, 6.07) is 12.1. The van der Waals surface area contributed by atoms with E-state index in [1.54, 1.807) is 11.3 Å². The van der Waals surface area contributed by atoms with E-state index < -0.39 is 0 Å². The third-order valence-electron chi connectivity index (χ3n) is 5.21. The van der Waals surface area contributed by atoms with Gasteiger partial charge < -0.3 is 15.2 Å². The molecule has 0 aliphatic carbocycles. The van der Waals surface area contributed by atoms with Crippen LogP contribution in [-0.4, -0.2) is 34.8 Å². The second-order valence-corrected chi connectivity index (χ2v) is 8.07. The van der Waals surface area contributed by atoms with Gasteiger partial charge in [-0.15, -0.1) is 11.3 Å². The van der Waals surface area contributed by atoms with Crippen molar-refractivity contribution in [1.82, 2.24) is 15.2 Å². The standard InChI is InChI=1S/C21H23N3O2S/c1-14-2-4-15(5-3-14)13-22-19(25)16-6-9-24(10-7-16)21(26)18-12-17-8-11-27-20(17)23-18/h2-5,8,11-12,16,23H,6-7,9-10,13H2,1H3,(H,22,25). The molecule has 1 aliphatic rings. The van der Waals surface area contributed by atoms with Gasteiger partial charge in [0.05, 0.1) is 0 Å². The molecular formula is C21H23N3O2S. The molecule has 0 spiro atoms. The lowest BCUT2D eigenvalue weighted by molar-refractivity contribution is -0.126. The first-order valence-corrected chi connectivity index (χ1v) is 10.2. The average Bonchev–Trinajstić information content (AvgIpc) is 3.29. The molecule has 4 rings (SSSR count). The molecule has 2 amide bonds. The van der Waals surface area contributed by atoms with E-state index in [9.17, 15) is 9.59 Å². The number of carbonyl (C=O) groups excluding carboxylic acids is 2. The summed E-state index contributed by atoms with van der Waals surface area (Å²) in [5.74, 6) is 0.0895. The molecule has 6 heteroatoms. The van der Waals surface area contributed by atoms with Gasteiger partial charge in [0, 0.05) is 30.9 Å². The van der Waals surface area contributed by atoms with Crippen LogP contribution in [0.5, 0.6) is 0 Å². The number of hydrogen-bond acceptors (Lipinski definition) is 3. The van der Waals surface area contributed by atoms with Gasteiger partial charge in [-0.25, -0.2) is 0 Å². The van der Waals surface area contributed by atoms with Crippen molar-refractivity contribution in [3.63, 3.8) is 0 Å². The SMILES string of the molecule is Cc1ccc(CNC(=O)C2CCN(C(=O)c3cc4ccsc4[nH]3)CC2)cc1. The molecule has 1 aliphatic heterocycles. The average molecular weight is 382 g/mol. The normalized spacial score (nSPS) is 15.2. The number of thiophene rings is 1. The van der Waals surface area contributed by atoms with Gasteiger partial charge in [-0.3, -0.25) is 9.59 Å². The highest BCUT2D eigenvalue weighted by Gasteiger charge is 2.28. The van der Waals surface area contributed by atoms with E-state index in [-0.39, 0.29) is 17.7 Å². The number of nitrogens with one attached hydrogen (secondary N) is 2. The molecule has 27 heavy (non-hydrogen) atoms. The minimum Gasteiger partial charge on any atom is -0.352 e. The predicted octanol–water partition coefficient (Wildman–Crippen LogP) is 3.71. The van der Waals surface area contributed by atoms with Crippen molar-refractivity contribution in [3.8, 4) is 0 Å². The Labute approximate surface area is 162 Å². The first-order chi connectivity index (χ1) is 13.1.